The molecule has 0 saturated heterocycles. The molecule has 2 saturated carbocycles. The zero-order valence-electron chi connectivity index (χ0n) is 28.1. The van der Waals surface area contributed by atoms with Gasteiger partial charge in [0, 0.05) is 18.8 Å². The first-order valence-corrected chi connectivity index (χ1v) is 18.1. The van der Waals surface area contributed by atoms with Crippen LogP contribution >= 0.6 is 0 Å². The summed E-state index contributed by atoms with van der Waals surface area (Å²) in [4.78, 5) is 10.7. The van der Waals surface area contributed by atoms with Crippen molar-refractivity contribution in [3.63, 3.8) is 0 Å². The molecule has 0 spiro atoms. The fourth-order valence-corrected chi connectivity index (χ4v) is 6.77. The van der Waals surface area contributed by atoms with Gasteiger partial charge in [0.1, 0.15) is 18.2 Å². The first-order valence-electron chi connectivity index (χ1n) is 18.1. The summed E-state index contributed by atoms with van der Waals surface area (Å²) in [5.74, 6) is 1.93. The molecule has 0 aliphatic heterocycles. The summed E-state index contributed by atoms with van der Waals surface area (Å²) in [6.07, 6.45) is 19.2. The highest BCUT2D eigenvalue weighted by molar-refractivity contribution is 5.27. The van der Waals surface area contributed by atoms with Crippen LogP contribution in [0.25, 0.3) is 0 Å². The number of ether oxygens (including phenoxy) is 3. The molecule has 2 fully saturated rings. The molecule has 0 heterocycles. The van der Waals surface area contributed by atoms with Crippen LogP contribution in [0.15, 0.2) is 42.5 Å². The molecular weight excluding hydrogens is 567 g/mol. The van der Waals surface area contributed by atoms with Crippen molar-refractivity contribution < 1.29 is 28.4 Å². The van der Waals surface area contributed by atoms with Crippen LogP contribution in [-0.2, 0) is 25.9 Å². The number of hydrogen-bond donors (Lipinski definition) is 0. The van der Waals surface area contributed by atoms with Crippen molar-refractivity contribution in [2.24, 2.45) is 5.92 Å². The molecule has 0 bridgehead atoms. The lowest BCUT2D eigenvalue weighted by Crippen LogP contribution is -2.27. The maximum atomic E-state index is 14.9. The summed E-state index contributed by atoms with van der Waals surface area (Å²) < 4.78 is 32.9. The van der Waals surface area contributed by atoms with Crippen molar-refractivity contribution in [3.05, 3.63) is 65.0 Å². The number of rotatable bonds is 21. The predicted molar refractivity (Wildman–Crippen MR) is 179 cm³/mol. The predicted octanol–water partition coefficient (Wildman–Crippen LogP) is 10.4. The number of unbranched alkanes of at least 4 members (excludes halogenated alkanes) is 4. The van der Waals surface area contributed by atoms with E-state index in [4.69, 9.17) is 24.0 Å². The van der Waals surface area contributed by atoms with E-state index in [-0.39, 0.29) is 12.4 Å². The first kappa shape index (κ1) is 35.9. The van der Waals surface area contributed by atoms with E-state index in [1.54, 1.807) is 6.07 Å². The minimum absolute atomic E-state index is 0.118. The molecule has 0 atom stereocenters. The van der Waals surface area contributed by atoms with Gasteiger partial charge in [-0.2, -0.15) is 0 Å². The second kappa shape index (κ2) is 21.0. The van der Waals surface area contributed by atoms with E-state index in [9.17, 15) is 4.39 Å². The monoisotopic (exact) mass is 626 g/mol. The van der Waals surface area contributed by atoms with Crippen LogP contribution in [0.3, 0.4) is 0 Å². The van der Waals surface area contributed by atoms with Crippen LogP contribution in [0, 0.1) is 18.7 Å². The van der Waals surface area contributed by atoms with E-state index < -0.39 is 0 Å². The zero-order valence-corrected chi connectivity index (χ0v) is 28.1. The van der Waals surface area contributed by atoms with Crippen LogP contribution in [0.5, 0.6) is 5.75 Å². The summed E-state index contributed by atoms with van der Waals surface area (Å²) in [6, 6.07) is 13.9. The standard InChI is InChI=1S/C39H59FO5/c1-3-4-5-6-7-25-41-37-21-23-38(24-22-37)43-27-9-28-44-45-30-35-18-17-34(29-39(35)40)33-15-13-32(14-16-33)10-8-26-42-36-19-11-31(2)12-20-36/h11-12,17-20,29,32-33,37-38H,3-10,13-16,21-28,30H2,1-2H3. The van der Waals surface area contributed by atoms with Gasteiger partial charge in [-0.3, -0.25) is 0 Å². The third-order valence-electron chi connectivity index (χ3n) is 9.69. The third-order valence-corrected chi connectivity index (χ3v) is 9.69. The van der Waals surface area contributed by atoms with Crippen LogP contribution in [0.2, 0.25) is 0 Å². The Morgan fingerprint density at radius 1 is 0.667 bits per heavy atom. The van der Waals surface area contributed by atoms with Gasteiger partial charge in [-0.05, 0) is 120 Å². The Hall–Kier alpha value is -1.99. The number of halogens is 1. The van der Waals surface area contributed by atoms with Crippen molar-refractivity contribution >= 4 is 0 Å². The molecule has 4 rings (SSSR count). The largest absolute Gasteiger partial charge is 0.494 e. The van der Waals surface area contributed by atoms with Gasteiger partial charge in [0.25, 0.3) is 0 Å². The molecule has 5 nitrogen and oxygen atoms in total. The van der Waals surface area contributed by atoms with E-state index in [1.807, 2.05) is 18.2 Å². The van der Waals surface area contributed by atoms with Gasteiger partial charge in [0.15, 0.2) is 0 Å². The topological polar surface area (TPSA) is 46.2 Å². The molecule has 2 aromatic rings. The van der Waals surface area contributed by atoms with Gasteiger partial charge in [-0.25, -0.2) is 14.2 Å². The Bertz CT molecular complexity index is 1040. The van der Waals surface area contributed by atoms with E-state index in [2.05, 4.69) is 32.0 Å². The van der Waals surface area contributed by atoms with Crippen LogP contribution < -0.4 is 4.74 Å². The van der Waals surface area contributed by atoms with Gasteiger partial charge in [-0.15, -0.1) is 0 Å². The molecule has 2 aliphatic carbocycles. The molecule has 0 N–H and O–H groups in total. The molecular formula is C39H59FO5. The Balaban J connectivity index is 0.992. The first-order chi connectivity index (χ1) is 22.1. The average molecular weight is 627 g/mol. The smallest absolute Gasteiger partial charge is 0.129 e. The maximum absolute atomic E-state index is 14.9. The van der Waals surface area contributed by atoms with Crippen molar-refractivity contribution in [2.75, 3.05) is 26.4 Å². The van der Waals surface area contributed by atoms with E-state index in [1.165, 1.54) is 56.9 Å². The number of aryl methyl sites for hydroxylation is 1. The van der Waals surface area contributed by atoms with E-state index in [0.29, 0.717) is 36.9 Å². The van der Waals surface area contributed by atoms with Gasteiger partial charge in [0.05, 0.1) is 25.4 Å². The lowest BCUT2D eigenvalue weighted by Gasteiger charge is -2.29. The highest BCUT2D eigenvalue weighted by Crippen LogP contribution is 2.38. The van der Waals surface area contributed by atoms with Gasteiger partial charge in [0.2, 0.25) is 0 Å². The Labute approximate surface area is 272 Å². The Morgan fingerprint density at radius 2 is 1.36 bits per heavy atom. The highest BCUT2D eigenvalue weighted by atomic mass is 19.1. The lowest BCUT2D eigenvalue weighted by atomic mass is 9.77. The second-order valence-electron chi connectivity index (χ2n) is 13.4. The van der Waals surface area contributed by atoms with Crippen molar-refractivity contribution in [1.29, 1.82) is 0 Å². The summed E-state index contributed by atoms with van der Waals surface area (Å²) >= 11 is 0. The normalized spacial score (nSPS) is 22.0. The summed E-state index contributed by atoms with van der Waals surface area (Å²) in [6.45, 7) is 7.23. The van der Waals surface area contributed by atoms with Crippen LogP contribution in [0.1, 0.15) is 132 Å². The molecule has 252 valence electrons. The third kappa shape index (κ3) is 13.7. The van der Waals surface area contributed by atoms with Crippen molar-refractivity contribution in [1.82, 2.24) is 0 Å². The fourth-order valence-electron chi connectivity index (χ4n) is 6.77. The second-order valence-corrected chi connectivity index (χ2v) is 13.4. The lowest BCUT2D eigenvalue weighted by molar-refractivity contribution is -0.305. The van der Waals surface area contributed by atoms with E-state index in [0.717, 1.165) is 81.8 Å². The molecule has 0 unspecified atom stereocenters. The molecule has 6 heteroatoms. The van der Waals surface area contributed by atoms with Gasteiger partial charge < -0.3 is 14.2 Å². The SMILES string of the molecule is CCCCCCCOC1CCC(OCCCOOCc2ccc(C3CCC(CCCOc4ccc(C)cc4)CC3)cc2F)CC1. The van der Waals surface area contributed by atoms with Crippen molar-refractivity contribution in [3.8, 4) is 5.75 Å². The zero-order chi connectivity index (χ0) is 31.5. The molecule has 0 amide bonds. The minimum atomic E-state index is -0.203. The quantitative estimate of drug-likeness (QED) is 0.0784. The molecule has 2 aliphatic rings. The Kier molecular flexibility index (Phi) is 16.7. The average Bonchev–Trinajstić information content (AvgIpc) is 3.06. The number of benzene rings is 2. The van der Waals surface area contributed by atoms with Crippen LogP contribution in [-0.4, -0.2) is 38.6 Å². The molecule has 45 heavy (non-hydrogen) atoms. The van der Waals surface area contributed by atoms with Crippen molar-refractivity contribution in [2.45, 2.75) is 141 Å². The van der Waals surface area contributed by atoms with Crippen LogP contribution in [0.4, 0.5) is 4.39 Å². The minimum Gasteiger partial charge on any atom is -0.494 e. The van der Waals surface area contributed by atoms with E-state index >= 15 is 0 Å². The Morgan fingerprint density at radius 3 is 2.04 bits per heavy atom. The highest BCUT2D eigenvalue weighted by Gasteiger charge is 2.24. The van der Waals surface area contributed by atoms with Gasteiger partial charge in [-0.1, -0.05) is 62.4 Å². The van der Waals surface area contributed by atoms with Gasteiger partial charge >= 0.3 is 0 Å². The molecule has 0 radical (unpaired) electrons. The summed E-state index contributed by atoms with van der Waals surface area (Å²) in [7, 11) is 0. The molecule has 2 aromatic carbocycles. The molecule has 0 aromatic heterocycles. The number of hydrogen-bond acceptors (Lipinski definition) is 5. The summed E-state index contributed by atoms with van der Waals surface area (Å²) in [5.41, 5.74) is 2.90. The summed E-state index contributed by atoms with van der Waals surface area (Å²) in [5, 5.41) is 0. The fraction of sp³-hybridized carbons (Fsp3) is 0.692. The maximum Gasteiger partial charge on any atom is 0.129 e.